The van der Waals surface area contributed by atoms with Gasteiger partial charge >= 0.3 is 41.5 Å². The molecule has 12 nitrogen and oxygen atoms in total. The van der Waals surface area contributed by atoms with Crippen LogP contribution in [-0.4, -0.2) is 66.2 Å². The van der Waals surface area contributed by atoms with E-state index in [0.717, 1.165) is 49.7 Å². The van der Waals surface area contributed by atoms with Crippen molar-refractivity contribution in [2.75, 3.05) is 35.8 Å². The van der Waals surface area contributed by atoms with Gasteiger partial charge in [-0.1, -0.05) is 97.4 Å². The average molecular weight is 898 g/mol. The molecule has 0 aliphatic carbocycles. The maximum absolute atomic E-state index is 13.2. The maximum Gasteiger partial charge on any atom is 1.00 e. The van der Waals surface area contributed by atoms with E-state index in [2.05, 4.69) is 10.6 Å². The number of carboxylic acid groups (broad SMARTS) is 2. The Morgan fingerprint density at radius 3 is 1.31 bits per heavy atom. The third-order valence-corrected chi connectivity index (χ3v) is 14.5. The van der Waals surface area contributed by atoms with Gasteiger partial charge in [0.15, 0.2) is 0 Å². The molecule has 2 atom stereocenters. The summed E-state index contributed by atoms with van der Waals surface area (Å²) in [6.45, 7) is 1.38. The van der Waals surface area contributed by atoms with Gasteiger partial charge in [0.2, 0.25) is 0 Å². The fourth-order valence-corrected chi connectivity index (χ4v) is 10.7. The predicted octanol–water partition coefficient (Wildman–Crippen LogP) is 5.50. The molecule has 0 bridgehead atoms. The molecular weight excluding hydrogens is 847 g/mol. The summed E-state index contributed by atoms with van der Waals surface area (Å²) in [7, 11) is -4.33. The van der Waals surface area contributed by atoms with E-state index >= 15 is 0 Å². The van der Waals surface area contributed by atoms with Gasteiger partial charge in [0.25, 0.3) is 20.0 Å². The summed E-state index contributed by atoms with van der Waals surface area (Å²) in [5, 5.41) is 25.2. The first-order valence-electron chi connectivity index (χ1n) is 19.3. The number of nitrogens with one attached hydrogen (secondary N) is 2. The van der Waals surface area contributed by atoms with Crippen LogP contribution in [0.25, 0.3) is 0 Å². The van der Waals surface area contributed by atoms with E-state index in [9.17, 15) is 26.4 Å². The van der Waals surface area contributed by atoms with E-state index < -0.39 is 32.0 Å². The van der Waals surface area contributed by atoms with Gasteiger partial charge in [-0.2, -0.15) is 0 Å². The van der Waals surface area contributed by atoms with Crippen molar-refractivity contribution in [2.45, 2.75) is 86.1 Å². The van der Waals surface area contributed by atoms with Crippen molar-refractivity contribution in [3.8, 4) is 0 Å². The van der Waals surface area contributed by atoms with Crippen molar-refractivity contribution in [3.63, 3.8) is 0 Å². The summed E-state index contributed by atoms with van der Waals surface area (Å²) < 4.78 is 55.3. The minimum atomic E-state index is -3.72. The molecule has 2 aliphatic heterocycles. The molecule has 2 unspecified atom stereocenters. The Balaban J connectivity index is 0.000000310. The number of para-hydroxylation sites is 2. The van der Waals surface area contributed by atoms with Crippen molar-refractivity contribution in [2.24, 2.45) is 0 Å². The Labute approximate surface area is 381 Å². The number of fused-ring (bicyclic) bond motifs is 4. The predicted molar refractivity (Wildman–Crippen MR) is 229 cm³/mol. The third-order valence-electron chi connectivity index (χ3n) is 10.4. The Morgan fingerprint density at radius 1 is 0.576 bits per heavy atom. The van der Waals surface area contributed by atoms with Crippen LogP contribution in [0.4, 0.5) is 11.4 Å². The van der Waals surface area contributed by atoms with E-state index in [1.54, 1.807) is 50.5 Å². The SMILES string of the molecule is CN1c2ccccc2C(NCCCCCCC(=O)O)c2ccc(Cl)cc2S1(=O)=O.CN1c2ccccc2C(NCCCCCCC(=O)O)c2ccc(Cl)cc2S1(=O)=O.[H-].[Na+]. The summed E-state index contributed by atoms with van der Waals surface area (Å²) >= 11 is 12.2. The topological polar surface area (TPSA) is 173 Å². The number of benzene rings is 4. The van der Waals surface area contributed by atoms with Crippen LogP contribution < -0.4 is 48.8 Å². The molecule has 0 aromatic heterocycles. The molecule has 4 N–H and O–H groups in total. The zero-order chi connectivity index (χ0) is 42.0. The molecule has 0 amide bonds. The number of anilines is 2. The van der Waals surface area contributed by atoms with Crippen molar-refractivity contribution < 1.29 is 67.6 Å². The number of halogens is 2. The van der Waals surface area contributed by atoms with Crippen LogP contribution in [0.1, 0.15) is 100.0 Å². The number of carbonyl (C=O) groups is 2. The van der Waals surface area contributed by atoms with Crippen LogP contribution in [0.2, 0.25) is 10.0 Å². The Morgan fingerprint density at radius 2 is 0.932 bits per heavy atom. The molecule has 4 aromatic carbocycles. The number of hydrogen-bond donors (Lipinski definition) is 4. The quantitative estimate of drug-likeness (QED) is 0.0832. The fraction of sp³-hybridized carbons (Fsp3) is 0.381. The van der Waals surface area contributed by atoms with Crippen LogP contribution in [-0.2, 0) is 29.6 Å². The van der Waals surface area contributed by atoms with Crippen molar-refractivity contribution in [1.29, 1.82) is 0 Å². The van der Waals surface area contributed by atoms with Crippen LogP contribution in [0.3, 0.4) is 0 Å². The average Bonchev–Trinajstić information content (AvgIpc) is 3.30. The number of hydrogen-bond acceptors (Lipinski definition) is 8. The first-order valence-corrected chi connectivity index (χ1v) is 22.9. The molecule has 2 heterocycles. The van der Waals surface area contributed by atoms with E-state index in [-0.39, 0.29) is 65.7 Å². The van der Waals surface area contributed by atoms with Crippen LogP contribution in [0.5, 0.6) is 0 Å². The Bertz CT molecular complexity index is 2160. The van der Waals surface area contributed by atoms with Gasteiger partial charge in [0.05, 0.1) is 33.2 Å². The van der Waals surface area contributed by atoms with E-state index in [0.29, 0.717) is 58.5 Å². The molecule has 17 heteroatoms. The molecule has 2 aliphatic rings. The summed E-state index contributed by atoms with van der Waals surface area (Å²) in [5.74, 6) is -1.53. The van der Waals surface area contributed by atoms with Crippen molar-refractivity contribution >= 4 is 66.6 Å². The zero-order valence-electron chi connectivity index (χ0n) is 34.5. The van der Waals surface area contributed by atoms with Crippen LogP contribution in [0.15, 0.2) is 94.7 Å². The molecule has 0 saturated carbocycles. The Hall–Kier alpha value is -3.18. The number of unbranched alkanes of at least 4 members (excludes halogenated alkanes) is 6. The number of nitrogens with zero attached hydrogens (tertiary/aromatic N) is 2. The molecule has 0 radical (unpaired) electrons. The minimum absolute atomic E-state index is 0. The smallest absolute Gasteiger partial charge is 1.00 e. The van der Waals surface area contributed by atoms with Crippen molar-refractivity contribution in [3.05, 3.63) is 117 Å². The molecule has 6 rings (SSSR count). The van der Waals surface area contributed by atoms with Crippen LogP contribution >= 0.6 is 23.2 Å². The summed E-state index contributed by atoms with van der Waals surface area (Å²) in [4.78, 5) is 21.6. The summed E-state index contributed by atoms with van der Waals surface area (Å²) in [6, 6.07) is 24.4. The van der Waals surface area contributed by atoms with Gasteiger partial charge in [0, 0.05) is 37.0 Å². The maximum atomic E-state index is 13.2. The van der Waals surface area contributed by atoms with Gasteiger partial charge < -0.3 is 22.3 Å². The summed E-state index contributed by atoms with van der Waals surface area (Å²) in [6.07, 6.45) is 7.05. The van der Waals surface area contributed by atoms with Crippen molar-refractivity contribution in [1.82, 2.24) is 10.6 Å². The number of sulfonamides is 2. The van der Waals surface area contributed by atoms with Gasteiger partial charge in [-0.15, -0.1) is 0 Å². The molecule has 4 aromatic rings. The molecule has 0 saturated heterocycles. The van der Waals surface area contributed by atoms with E-state index in [1.807, 2.05) is 36.4 Å². The van der Waals surface area contributed by atoms with Gasteiger partial charge in [-0.25, -0.2) is 16.8 Å². The monoisotopic (exact) mass is 896 g/mol. The first-order chi connectivity index (χ1) is 27.6. The van der Waals surface area contributed by atoms with Gasteiger partial charge in [-0.3, -0.25) is 18.2 Å². The molecular formula is C42H51Cl2N4NaO8S2. The fourth-order valence-electron chi connectivity index (χ4n) is 7.31. The number of rotatable bonds is 16. The first kappa shape index (κ1) is 48.5. The van der Waals surface area contributed by atoms with Crippen LogP contribution in [0, 0.1) is 0 Å². The molecule has 0 fully saturated rings. The molecule has 0 spiro atoms. The molecule has 314 valence electrons. The van der Waals surface area contributed by atoms with E-state index in [4.69, 9.17) is 33.4 Å². The number of aliphatic carboxylic acids is 2. The largest absolute Gasteiger partial charge is 1.00 e. The van der Waals surface area contributed by atoms with Gasteiger partial charge in [0.1, 0.15) is 0 Å². The normalized spacial score (nSPS) is 17.0. The standard InChI is InChI=1S/2C21H25ClN2O4S.Na.H/c2*1-24-18-9-6-5-8-16(18)21(23-13-7-3-2-4-10-20(25)26)17-12-11-15(22)14-19(17)29(24,27)28;;/h2*5-6,8-9,11-12,14,21,23H,2-4,7,10,13H2,1H3,(H,25,26);;/q;;+1;-1. The van der Waals surface area contributed by atoms with Gasteiger partial charge in [-0.05, 0) is 97.4 Å². The number of carboxylic acids is 2. The molecule has 59 heavy (non-hydrogen) atoms. The third kappa shape index (κ3) is 12.0. The minimum Gasteiger partial charge on any atom is -1.00 e. The second-order valence-electron chi connectivity index (χ2n) is 14.3. The second kappa shape index (κ2) is 22.1. The second-order valence-corrected chi connectivity index (χ2v) is 19.1. The summed E-state index contributed by atoms with van der Waals surface area (Å²) in [5.41, 5.74) is 4.42. The Kier molecular flexibility index (Phi) is 18.1. The zero-order valence-corrected chi connectivity index (χ0v) is 38.7. The van der Waals surface area contributed by atoms with E-state index in [1.165, 1.54) is 20.7 Å².